The van der Waals surface area contributed by atoms with Crippen LogP contribution in [0.3, 0.4) is 0 Å². The first-order valence-electron chi connectivity index (χ1n) is 7.34. The number of aryl methyl sites for hydroxylation is 2. The smallest absolute Gasteiger partial charge is 0.224 e. The summed E-state index contributed by atoms with van der Waals surface area (Å²) in [5, 5.41) is 9.96. The fourth-order valence-corrected chi connectivity index (χ4v) is 2.61. The first-order chi connectivity index (χ1) is 10.6. The lowest BCUT2D eigenvalue weighted by Gasteiger charge is -2.17. The molecule has 1 aliphatic rings. The topological polar surface area (TPSA) is 92.8 Å². The van der Waals surface area contributed by atoms with E-state index in [2.05, 4.69) is 25.5 Å². The molecule has 1 amide bonds. The largest absolute Gasteiger partial charge is 0.368 e. The summed E-state index contributed by atoms with van der Waals surface area (Å²) in [6.07, 6.45) is 2.51. The van der Waals surface area contributed by atoms with Crippen LogP contribution in [0.1, 0.15) is 35.4 Å². The second-order valence-electron chi connectivity index (χ2n) is 5.46. The Kier molecular flexibility index (Phi) is 4.15. The zero-order chi connectivity index (χ0) is 15.5. The molecule has 0 saturated carbocycles. The van der Waals surface area contributed by atoms with Gasteiger partial charge >= 0.3 is 0 Å². The fourth-order valence-electron chi connectivity index (χ4n) is 2.61. The molecule has 0 unspecified atom stereocenters. The van der Waals surface area contributed by atoms with Crippen molar-refractivity contribution >= 4 is 5.91 Å². The van der Waals surface area contributed by atoms with Crippen LogP contribution in [0.25, 0.3) is 0 Å². The van der Waals surface area contributed by atoms with Gasteiger partial charge in [0.05, 0.1) is 12.5 Å². The average molecular weight is 301 g/mol. The molecular formula is C15H19N5O2. The first-order valence-corrected chi connectivity index (χ1v) is 7.34. The van der Waals surface area contributed by atoms with Crippen molar-refractivity contribution in [1.82, 2.24) is 25.5 Å². The summed E-state index contributed by atoms with van der Waals surface area (Å²) in [5.41, 5.74) is 1.81. The quantitative estimate of drug-likeness (QED) is 0.879. The number of aromatic amines is 1. The molecular weight excluding hydrogens is 282 g/mol. The Hall–Kier alpha value is -2.28. The molecule has 0 bridgehead atoms. The molecule has 0 spiro atoms. The molecule has 1 saturated heterocycles. The number of hydrogen-bond donors (Lipinski definition) is 2. The minimum Gasteiger partial charge on any atom is -0.368 e. The highest BCUT2D eigenvalue weighted by molar-refractivity contribution is 5.79. The molecule has 3 rings (SSSR count). The number of aromatic nitrogens is 4. The number of rotatable bonds is 4. The highest BCUT2D eigenvalue weighted by Crippen LogP contribution is 2.26. The third-order valence-corrected chi connectivity index (χ3v) is 3.77. The highest BCUT2D eigenvalue weighted by atomic mass is 16.5. The molecule has 2 aromatic rings. The second kappa shape index (κ2) is 6.23. The van der Waals surface area contributed by atoms with E-state index >= 15 is 0 Å². The lowest BCUT2D eigenvalue weighted by Crippen LogP contribution is -2.38. The zero-order valence-corrected chi connectivity index (χ0v) is 12.7. The van der Waals surface area contributed by atoms with E-state index in [1.165, 1.54) is 0 Å². The van der Waals surface area contributed by atoms with Crippen molar-refractivity contribution in [3.8, 4) is 0 Å². The summed E-state index contributed by atoms with van der Waals surface area (Å²) in [4.78, 5) is 20.8. The molecule has 0 aromatic carbocycles. The summed E-state index contributed by atoms with van der Waals surface area (Å²) in [7, 11) is 0. The lowest BCUT2D eigenvalue weighted by molar-refractivity contribution is -0.121. The van der Waals surface area contributed by atoms with Gasteiger partial charge in [-0.05, 0) is 31.9 Å². The van der Waals surface area contributed by atoms with E-state index in [1.807, 2.05) is 26.0 Å². The molecule has 22 heavy (non-hydrogen) atoms. The number of carbonyl (C=O) groups is 1. The van der Waals surface area contributed by atoms with Crippen LogP contribution in [0, 0.1) is 13.8 Å². The van der Waals surface area contributed by atoms with Gasteiger partial charge in [-0.1, -0.05) is 6.07 Å². The van der Waals surface area contributed by atoms with Crippen molar-refractivity contribution in [2.75, 3.05) is 6.61 Å². The summed E-state index contributed by atoms with van der Waals surface area (Å²) < 4.78 is 5.67. The van der Waals surface area contributed by atoms with E-state index in [9.17, 15) is 4.79 Å². The van der Waals surface area contributed by atoms with Crippen LogP contribution in [0.15, 0.2) is 18.3 Å². The van der Waals surface area contributed by atoms with E-state index in [0.29, 0.717) is 18.9 Å². The zero-order valence-electron chi connectivity index (χ0n) is 12.7. The van der Waals surface area contributed by atoms with Gasteiger partial charge in [0.2, 0.25) is 5.91 Å². The number of carbonyl (C=O) groups excluding carboxylic acids is 1. The molecule has 3 heterocycles. The van der Waals surface area contributed by atoms with E-state index in [-0.39, 0.29) is 18.1 Å². The minimum atomic E-state index is -0.288. The summed E-state index contributed by atoms with van der Waals surface area (Å²) in [6, 6.07) is 3.66. The molecule has 2 N–H and O–H groups in total. The predicted octanol–water partition coefficient (Wildman–Crippen LogP) is 1.01. The molecule has 7 nitrogen and oxygen atoms in total. The Balaban J connectivity index is 1.64. The number of amides is 1. The van der Waals surface area contributed by atoms with Gasteiger partial charge in [-0.25, -0.2) is 4.98 Å². The predicted molar refractivity (Wildman–Crippen MR) is 79.0 cm³/mol. The van der Waals surface area contributed by atoms with Gasteiger partial charge in [0.15, 0.2) is 5.82 Å². The van der Waals surface area contributed by atoms with Crippen LogP contribution in [0.4, 0.5) is 0 Å². The summed E-state index contributed by atoms with van der Waals surface area (Å²) >= 11 is 0. The Morgan fingerprint density at radius 2 is 2.36 bits per heavy atom. The van der Waals surface area contributed by atoms with Gasteiger partial charge in [0.25, 0.3) is 0 Å². The van der Waals surface area contributed by atoms with Crippen molar-refractivity contribution in [2.24, 2.45) is 0 Å². The second-order valence-corrected chi connectivity index (χ2v) is 5.46. The van der Waals surface area contributed by atoms with Crippen molar-refractivity contribution in [1.29, 1.82) is 0 Å². The maximum absolute atomic E-state index is 12.3. The SMILES string of the molecule is Cc1nc([C@@H]2OCC[C@@H]2NC(=O)Cc2cccnc2C)n[nH]1. The molecule has 0 radical (unpaired) electrons. The van der Waals surface area contributed by atoms with Gasteiger partial charge in [-0.2, -0.15) is 5.10 Å². The minimum absolute atomic E-state index is 0.0381. The maximum atomic E-state index is 12.3. The molecule has 2 aromatic heterocycles. The van der Waals surface area contributed by atoms with Crippen molar-refractivity contribution in [2.45, 2.75) is 38.8 Å². The third kappa shape index (κ3) is 3.14. The Morgan fingerprint density at radius 3 is 3.09 bits per heavy atom. The summed E-state index contributed by atoms with van der Waals surface area (Å²) in [6.45, 7) is 4.33. The summed E-state index contributed by atoms with van der Waals surface area (Å²) in [5.74, 6) is 1.29. The van der Waals surface area contributed by atoms with Crippen molar-refractivity contribution < 1.29 is 9.53 Å². The van der Waals surface area contributed by atoms with Gasteiger partial charge in [0, 0.05) is 18.5 Å². The Morgan fingerprint density at radius 1 is 1.50 bits per heavy atom. The molecule has 1 aliphatic heterocycles. The van der Waals surface area contributed by atoms with Crippen LogP contribution in [0.5, 0.6) is 0 Å². The van der Waals surface area contributed by atoms with Gasteiger partial charge in [0.1, 0.15) is 11.9 Å². The van der Waals surface area contributed by atoms with Crippen LogP contribution < -0.4 is 5.32 Å². The van der Waals surface area contributed by atoms with Gasteiger partial charge in [-0.15, -0.1) is 0 Å². The molecule has 7 heteroatoms. The Bertz CT molecular complexity index is 669. The van der Waals surface area contributed by atoms with E-state index in [0.717, 1.165) is 23.5 Å². The van der Waals surface area contributed by atoms with E-state index in [4.69, 9.17) is 4.74 Å². The molecule has 1 fully saturated rings. The monoisotopic (exact) mass is 301 g/mol. The van der Waals surface area contributed by atoms with Crippen LogP contribution in [0.2, 0.25) is 0 Å². The van der Waals surface area contributed by atoms with Gasteiger partial charge in [-0.3, -0.25) is 14.9 Å². The number of pyridine rings is 1. The normalized spacial score (nSPS) is 21.0. The third-order valence-electron chi connectivity index (χ3n) is 3.77. The van der Waals surface area contributed by atoms with Crippen molar-refractivity contribution in [3.05, 3.63) is 41.2 Å². The number of ether oxygens (including phenoxy) is 1. The van der Waals surface area contributed by atoms with Crippen LogP contribution in [-0.4, -0.2) is 38.7 Å². The number of hydrogen-bond acceptors (Lipinski definition) is 5. The Labute approximate surface area is 128 Å². The van der Waals surface area contributed by atoms with E-state index < -0.39 is 0 Å². The van der Waals surface area contributed by atoms with E-state index in [1.54, 1.807) is 6.20 Å². The highest BCUT2D eigenvalue weighted by Gasteiger charge is 2.33. The lowest BCUT2D eigenvalue weighted by atomic mass is 10.1. The average Bonchev–Trinajstić information content (AvgIpc) is 3.10. The van der Waals surface area contributed by atoms with Crippen LogP contribution >= 0.6 is 0 Å². The van der Waals surface area contributed by atoms with Crippen LogP contribution in [-0.2, 0) is 16.0 Å². The number of nitrogens with zero attached hydrogens (tertiary/aromatic N) is 3. The van der Waals surface area contributed by atoms with Gasteiger partial charge < -0.3 is 10.1 Å². The molecule has 116 valence electrons. The first kappa shape index (κ1) is 14.6. The fraction of sp³-hybridized carbons (Fsp3) is 0.467. The number of H-pyrrole nitrogens is 1. The standard InChI is InChI=1S/C15H19N5O2/c1-9-11(4-3-6-16-9)8-13(21)18-12-5-7-22-14(12)15-17-10(2)19-20-15/h3-4,6,12,14H,5,7-8H2,1-2H3,(H,18,21)(H,17,19,20)/t12-,14+/m0/s1. The number of nitrogens with one attached hydrogen (secondary N) is 2. The van der Waals surface area contributed by atoms with Crippen molar-refractivity contribution in [3.63, 3.8) is 0 Å². The maximum Gasteiger partial charge on any atom is 0.224 e. The molecule has 2 atom stereocenters. The molecule has 0 aliphatic carbocycles.